The van der Waals surface area contributed by atoms with Crippen molar-refractivity contribution < 1.29 is 5.11 Å². The Hall–Kier alpha value is -2.60. The number of nitrogens with one attached hydrogen (secondary N) is 2. The number of pyridine rings is 1. The third-order valence-electron chi connectivity index (χ3n) is 4.25. The smallest absolute Gasteiger partial charge is 0.250 e. The molecule has 3 N–H and O–H groups in total. The van der Waals surface area contributed by atoms with Crippen LogP contribution in [-0.4, -0.2) is 42.4 Å². The van der Waals surface area contributed by atoms with E-state index in [-0.39, 0.29) is 18.1 Å². The van der Waals surface area contributed by atoms with Crippen LogP contribution in [0.15, 0.2) is 64.5 Å². The van der Waals surface area contributed by atoms with Crippen molar-refractivity contribution in [1.29, 1.82) is 0 Å². The Kier molecular flexibility index (Phi) is 8.42. The van der Waals surface area contributed by atoms with E-state index in [0.29, 0.717) is 13.1 Å². The number of aliphatic hydroxyl groups is 1. The second-order valence-corrected chi connectivity index (χ2v) is 6.11. The van der Waals surface area contributed by atoms with E-state index in [2.05, 4.69) is 15.6 Å². The van der Waals surface area contributed by atoms with Crippen molar-refractivity contribution in [3.63, 3.8) is 0 Å². The van der Waals surface area contributed by atoms with Crippen LogP contribution in [-0.2, 0) is 6.54 Å². The second kappa shape index (κ2) is 11.1. The fourth-order valence-electron chi connectivity index (χ4n) is 2.71. The largest absolute Gasteiger partial charge is 0.396 e. The van der Waals surface area contributed by atoms with Gasteiger partial charge in [-0.3, -0.25) is 9.79 Å². The molecule has 1 heterocycles. The Morgan fingerprint density at radius 3 is 2.58 bits per heavy atom. The molecule has 0 spiro atoms. The molecule has 6 nitrogen and oxygen atoms in total. The summed E-state index contributed by atoms with van der Waals surface area (Å²) in [6.45, 7) is 2.18. The van der Waals surface area contributed by atoms with E-state index >= 15 is 0 Å². The molecule has 0 radical (unpaired) electrons. The number of aryl methyl sites for hydroxylation is 1. The average molecular weight is 356 g/mol. The Morgan fingerprint density at radius 2 is 1.88 bits per heavy atom. The van der Waals surface area contributed by atoms with E-state index in [4.69, 9.17) is 0 Å². The number of aliphatic imine (C=N–C) groups is 1. The van der Waals surface area contributed by atoms with Crippen molar-refractivity contribution in [2.24, 2.45) is 4.99 Å². The van der Waals surface area contributed by atoms with Crippen molar-refractivity contribution in [2.45, 2.75) is 25.3 Å². The lowest BCUT2D eigenvalue weighted by Crippen LogP contribution is -2.40. The van der Waals surface area contributed by atoms with Crippen molar-refractivity contribution in [3.8, 4) is 0 Å². The van der Waals surface area contributed by atoms with Gasteiger partial charge in [0.1, 0.15) is 0 Å². The number of rotatable bonds is 9. The normalized spacial score (nSPS) is 12.6. The summed E-state index contributed by atoms with van der Waals surface area (Å²) in [4.78, 5) is 15.8. The monoisotopic (exact) mass is 356 g/mol. The van der Waals surface area contributed by atoms with Crippen molar-refractivity contribution in [3.05, 3.63) is 70.6 Å². The molecule has 0 aliphatic heterocycles. The van der Waals surface area contributed by atoms with E-state index in [1.54, 1.807) is 23.7 Å². The maximum absolute atomic E-state index is 11.6. The standard InChI is InChI=1S/C20H28N4O2/c1-21-20(23-15-18(16-25)17-9-3-2-4-10-17)22-12-6-8-14-24-13-7-5-11-19(24)26/h2-5,7,9-11,13,18,25H,6,8,12,14-16H2,1H3,(H2,21,22,23). The molecular weight excluding hydrogens is 328 g/mol. The highest BCUT2D eigenvalue weighted by atomic mass is 16.3. The molecule has 26 heavy (non-hydrogen) atoms. The molecule has 1 aromatic carbocycles. The van der Waals surface area contributed by atoms with Gasteiger partial charge in [0.05, 0.1) is 6.61 Å². The zero-order chi connectivity index (χ0) is 18.6. The molecule has 0 aliphatic carbocycles. The minimum Gasteiger partial charge on any atom is -0.396 e. The van der Waals surface area contributed by atoms with Crippen LogP contribution in [0.3, 0.4) is 0 Å². The first-order chi connectivity index (χ1) is 12.7. The van der Waals surface area contributed by atoms with Crippen LogP contribution in [0.25, 0.3) is 0 Å². The molecule has 6 heteroatoms. The average Bonchev–Trinajstić information content (AvgIpc) is 2.68. The van der Waals surface area contributed by atoms with Gasteiger partial charge in [-0.1, -0.05) is 36.4 Å². The minimum atomic E-state index is 0.0275. The molecule has 1 atom stereocenters. The molecule has 140 valence electrons. The number of benzene rings is 1. The first-order valence-corrected chi connectivity index (χ1v) is 9.00. The molecule has 1 unspecified atom stereocenters. The van der Waals surface area contributed by atoms with Crippen LogP contribution in [0.2, 0.25) is 0 Å². The predicted molar refractivity (Wildman–Crippen MR) is 106 cm³/mol. The maximum Gasteiger partial charge on any atom is 0.250 e. The number of nitrogens with zero attached hydrogens (tertiary/aromatic N) is 2. The van der Waals surface area contributed by atoms with Crippen molar-refractivity contribution >= 4 is 5.96 Å². The highest BCUT2D eigenvalue weighted by Gasteiger charge is 2.10. The van der Waals surface area contributed by atoms with E-state index in [1.165, 1.54) is 0 Å². The highest BCUT2D eigenvalue weighted by Crippen LogP contribution is 2.13. The summed E-state index contributed by atoms with van der Waals surface area (Å²) in [6.07, 6.45) is 3.66. The summed E-state index contributed by atoms with van der Waals surface area (Å²) in [6, 6.07) is 15.2. The Labute approximate surface area is 154 Å². The van der Waals surface area contributed by atoms with Gasteiger partial charge in [-0.25, -0.2) is 0 Å². The third kappa shape index (κ3) is 6.37. The molecule has 0 aliphatic rings. The first kappa shape index (κ1) is 19.7. The van der Waals surface area contributed by atoms with Gasteiger partial charge in [0.2, 0.25) is 5.56 Å². The van der Waals surface area contributed by atoms with Crippen molar-refractivity contribution in [2.75, 3.05) is 26.7 Å². The Balaban J connectivity index is 1.69. The van der Waals surface area contributed by atoms with Gasteiger partial charge in [0.25, 0.3) is 0 Å². The maximum atomic E-state index is 11.6. The number of aliphatic hydroxyl groups excluding tert-OH is 1. The number of aromatic nitrogens is 1. The molecule has 0 saturated carbocycles. The van der Waals surface area contributed by atoms with Crippen molar-refractivity contribution in [1.82, 2.24) is 15.2 Å². The molecular formula is C20H28N4O2. The van der Waals surface area contributed by atoms with Crippen LogP contribution in [0.1, 0.15) is 24.3 Å². The Bertz CT molecular complexity index is 728. The van der Waals surface area contributed by atoms with Gasteiger partial charge in [-0.2, -0.15) is 0 Å². The van der Waals surface area contributed by atoms with E-state index < -0.39 is 0 Å². The van der Waals surface area contributed by atoms with Crippen LogP contribution >= 0.6 is 0 Å². The van der Waals surface area contributed by atoms with E-state index in [0.717, 1.165) is 30.9 Å². The second-order valence-electron chi connectivity index (χ2n) is 6.11. The van der Waals surface area contributed by atoms with E-state index in [9.17, 15) is 9.90 Å². The lowest BCUT2D eigenvalue weighted by molar-refractivity contribution is 0.265. The summed E-state index contributed by atoms with van der Waals surface area (Å²) in [5.74, 6) is 0.746. The zero-order valence-electron chi connectivity index (χ0n) is 15.3. The zero-order valence-corrected chi connectivity index (χ0v) is 15.3. The highest BCUT2D eigenvalue weighted by molar-refractivity contribution is 5.79. The van der Waals surface area contributed by atoms with Crippen LogP contribution < -0.4 is 16.2 Å². The number of hydrogen-bond acceptors (Lipinski definition) is 3. The summed E-state index contributed by atoms with van der Waals surface area (Å²) in [7, 11) is 1.73. The fraction of sp³-hybridized carbons (Fsp3) is 0.400. The molecule has 0 amide bonds. The third-order valence-corrected chi connectivity index (χ3v) is 4.25. The molecule has 1 aromatic heterocycles. The van der Waals surface area contributed by atoms with Gasteiger partial charge >= 0.3 is 0 Å². The summed E-state index contributed by atoms with van der Waals surface area (Å²) in [5, 5.41) is 16.1. The van der Waals surface area contributed by atoms with Gasteiger partial charge in [0, 0.05) is 44.9 Å². The number of hydrogen-bond donors (Lipinski definition) is 3. The van der Waals surface area contributed by atoms with Gasteiger partial charge in [0.15, 0.2) is 5.96 Å². The lowest BCUT2D eigenvalue weighted by Gasteiger charge is -2.18. The van der Waals surface area contributed by atoms with Gasteiger partial charge < -0.3 is 20.3 Å². The minimum absolute atomic E-state index is 0.0275. The molecule has 0 saturated heterocycles. The molecule has 0 fully saturated rings. The fourth-order valence-corrected chi connectivity index (χ4v) is 2.71. The molecule has 2 rings (SSSR count). The molecule has 0 bridgehead atoms. The summed E-state index contributed by atoms with van der Waals surface area (Å²) in [5.41, 5.74) is 1.14. The van der Waals surface area contributed by atoms with E-state index in [1.807, 2.05) is 42.6 Å². The molecule has 2 aromatic rings. The topological polar surface area (TPSA) is 78.7 Å². The summed E-state index contributed by atoms with van der Waals surface area (Å²) >= 11 is 0. The Morgan fingerprint density at radius 1 is 1.12 bits per heavy atom. The van der Waals surface area contributed by atoms with Crippen LogP contribution in [0.5, 0.6) is 0 Å². The lowest BCUT2D eigenvalue weighted by atomic mass is 10.0. The number of unbranched alkanes of at least 4 members (excludes halogenated alkanes) is 1. The van der Waals surface area contributed by atoms with Crippen LogP contribution in [0.4, 0.5) is 0 Å². The van der Waals surface area contributed by atoms with Gasteiger partial charge in [-0.15, -0.1) is 0 Å². The summed E-state index contributed by atoms with van der Waals surface area (Å²) < 4.78 is 1.72. The predicted octanol–water partition coefficient (Wildman–Crippen LogP) is 1.57. The number of guanidine groups is 1. The van der Waals surface area contributed by atoms with Gasteiger partial charge in [-0.05, 0) is 24.5 Å². The first-order valence-electron chi connectivity index (χ1n) is 9.00. The quantitative estimate of drug-likeness (QED) is 0.362. The SMILES string of the molecule is CN=C(NCCCCn1ccccc1=O)NCC(CO)c1ccccc1. The van der Waals surface area contributed by atoms with Crippen LogP contribution in [0, 0.1) is 0 Å².